The summed E-state index contributed by atoms with van der Waals surface area (Å²) in [5, 5.41) is 2.77. The number of aryl methyl sites for hydroxylation is 1. The molecule has 2 amide bonds. The molecule has 8 heteroatoms. The van der Waals surface area contributed by atoms with Crippen molar-refractivity contribution in [2.45, 2.75) is 19.5 Å². The first-order valence-corrected chi connectivity index (χ1v) is 7.66. The minimum absolute atomic E-state index is 0.148. The first-order valence-electron chi connectivity index (χ1n) is 7.66. The first-order chi connectivity index (χ1) is 11.2. The molecule has 1 N–H and O–H groups in total. The predicted octanol–water partition coefficient (Wildman–Crippen LogP) is 2.03. The van der Waals surface area contributed by atoms with E-state index in [0.29, 0.717) is 18.8 Å². The molecule has 5 nitrogen and oxygen atoms in total. The molecule has 1 heterocycles. The minimum atomic E-state index is -4.48. The maximum absolute atomic E-state index is 12.2. The Morgan fingerprint density at radius 2 is 1.67 bits per heavy atom. The van der Waals surface area contributed by atoms with E-state index >= 15 is 0 Å². The van der Waals surface area contributed by atoms with E-state index in [-0.39, 0.29) is 25.5 Å². The SMILES string of the molecule is Cc1ccc(NC(=O)CN2CCN(C(=O)CC(F)(F)F)CC2)cc1. The summed E-state index contributed by atoms with van der Waals surface area (Å²) in [7, 11) is 0. The van der Waals surface area contributed by atoms with E-state index in [1.165, 1.54) is 4.90 Å². The summed E-state index contributed by atoms with van der Waals surface area (Å²) < 4.78 is 36.7. The van der Waals surface area contributed by atoms with Crippen molar-refractivity contribution in [3.63, 3.8) is 0 Å². The van der Waals surface area contributed by atoms with Crippen LogP contribution in [0.3, 0.4) is 0 Å². The molecule has 1 aliphatic heterocycles. The summed E-state index contributed by atoms with van der Waals surface area (Å²) >= 11 is 0. The van der Waals surface area contributed by atoms with Gasteiger partial charge in [0, 0.05) is 31.9 Å². The lowest BCUT2D eigenvalue weighted by atomic mass is 10.2. The number of carbonyl (C=O) groups excluding carboxylic acids is 2. The van der Waals surface area contributed by atoms with Crippen molar-refractivity contribution in [1.82, 2.24) is 9.80 Å². The monoisotopic (exact) mass is 343 g/mol. The Kier molecular flexibility index (Phi) is 5.82. The molecule has 0 saturated carbocycles. The molecule has 0 unspecified atom stereocenters. The van der Waals surface area contributed by atoms with E-state index < -0.39 is 18.5 Å². The van der Waals surface area contributed by atoms with Gasteiger partial charge in [-0.1, -0.05) is 17.7 Å². The van der Waals surface area contributed by atoms with E-state index in [4.69, 9.17) is 0 Å². The van der Waals surface area contributed by atoms with Crippen LogP contribution >= 0.6 is 0 Å². The van der Waals surface area contributed by atoms with Gasteiger partial charge in [0.15, 0.2) is 0 Å². The van der Waals surface area contributed by atoms with Crippen molar-refractivity contribution in [3.8, 4) is 0 Å². The van der Waals surface area contributed by atoms with Crippen LogP contribution in [0.2, 0.25) is 0 Å². The van der Waals surface area contributed by atoms with Crippen LogP contribution in [-0.4, -0.2) is 60.5 Å². The third kappa shape index (κ3) is 5.84. The van der Waals surface area contributed by atoms with Crippen LogP contribution in [0.25, 0.3) is 0 Å². The van der Waals surface area contributed by atoms with Crippen LogP contribution in [0.15, 0.2) is 24.3 Å². The Morgan fingerprint density at radius 1 is 1.08 bits per heavy atom. The molecule has 0 atom stereocenters. The highest BCUT2D eigenvalue weighted by Gasteiger charge is 2.34. The standard InChI is InChI=1S/C16H20F3N3O2/c1-12-2-4-13(5-3-12)20-14(23)11-21-6-8-22(9-7-21)15(24)10-16(17,18)19/h2-5H,6-11H2,1H3,(H,20,23). The van der Waals surface area contributed by atoms with Gasteiger partial charge in [-0.3, -0.25) is 14.5 Å². The lowest BCUT2D eigenvalue weighted by Crippen LogP contribution is -2.51. The second-order valence-corrected chi connectivity index (χ2v) is 5.86. The topological polar surface area (TPSA) is 52.7 Å². The van der Waals surface area contributed by atoms with E-state index in [9.17, 15) is 22.8 Å². The molecule has 0 aromatic heterocycles. The number of alkyl halides is 3. The third-order valence-electron chi connectivity index (χ3n) is 3.78. The van der Waals surface area contributed by atoms with Crippen LogP contribution in [0.4, 0.5) is 18.9 Å². The highest BCUT2D eigenvalue weighted by molar-refractivity contribution is 5.92. The molecular weight excluding hydrogens is 323 g/mol. The van der Waals surface area contributed by atoms with Gasteiger partial charge in [-0.05, 0) is 19.1 Å². The zero-order chi connectivity index (χ0) is 17.7. The largest absolute Gasteiger partial charge is 0.397 e. The van der Waals surface area contributed by atoms with Gasteiger partial charge in [-0.15, -0.1) is 0 Å². The van der Waals surface area contributed by atoms with Gasteiger partial charge >= 0.3 is 6.18 Å². The van der Waals surface area contributed by atoms with E-state index in [1.54, 1.807) is 12.1 Å². The van der Waals surface area contributed by atoms with Crippen LogP contribution < -0.4 is 5.32 Å². The lowest BCUT2D eigenvalue weighted by molar-refractivity contribution is -0.162. The Balaban J connectivity index is 1.75. The lowest BCUT2D eigenvalue weighted by Gasteiger charge is -2.34. The van der Waals surface area contributed by atoms with Crippen molar-refractivity contribution in [2.24, 2.45) is 0 Å². The van der Waals surface area contributed by atoms with Gasteiger partial charge in [0.2, 0.25) is 11.8 Å². The molecule has 1 saturated heterocycles. The average Bonchev–Trinajstić information content (AvgIpc) is 2.48. The predicted molar refractivity (Wildman–Crippen MR) is 83.5 cm³/mol. The number of piperazine rings is 1. The van der Waals surface area contributed by atoms with Crippen LogP contribution in [0.1, 0.15) is 12.0 Å². The number of anilines is 1. The Morgan fingerprint density at radius 3 is 2.21 bits per heavy atom. The highest BCUT2D eigenvalue weighted by atomic mass is 19.4. The molecule has 2 rings (SSSR count). The van der Waals surface area contributed by atoms with Gasteiger partial charge in [0.05, 0.1) is 6.54 Å². The fourth-order valence-corrected chi connectivity index (χ4v) is 2.48. The number of benzene rings is 1. The number of amides is 2. The number of hydrogen-bond acceptors (Lipinski definition) is 3. The summed E-state index contributed by atoms with van der Waals surface area (Å²) in [6.45, 7) is 3.26. The molecule has 1 fully saturated rings. The normalized spacial score (nSPS) is 16.1. The van der Waals surface area contributed by atoms with Crippen LogP contribution in [0, 0.1) is 6.92 Å². The molecule has 0 bridgehead atoms. The van der Waals surface area contributed by atoms with Crippen molar-refractivity contribution in [2.75, 3.05) is 38.0 Å². The maximum atomic E-state index is 12.2. The first kappa shape index (κ1) is 18.3. The van der Waals surface area contributed by atoms with Crippen molar-refractivity contribution < 1.29 is 22.8 Å². The van der Waals surface area contributed by atoms with E-state index in [1.807, 2.05) is 24.0 Å². The van der Waals surface area contributed by atoms with Crippen molar-refractivity contribution in [3.05, 3.63) is 29.8 Å². The van der Waals surface area contributed by atoms with Gasteiger partial charge in [0.1, 0.15) is 6.42 Å². The average molecular weight is 343 g/mol. The molecule has 0 aliphatic carbocycles. The van der Waals surface area contributed by atoms with Crippen LogP contribution in [-0.2, 0) is 9.59 Å². The zero-order valence-corrected chi connectivity index (χ0v) is 13.4. The van der Waals surface area contributed by atoms with Gasteiger partial charge in [-0.2, -0.15) is 13.2 Å². The number of nitrogens with zero attached hydrogens (tertiary/aromatic N) is 2. The van der Waals surface area contributed by atoms with E-state index in [0.717, 1.165) is 5.56 Å². The number of nitrogens with one attached hydrogen (secondary N) is 1. The molecule has 0 radical (unpaired) electrons. The number of rotatable bonds is 4. The fourth-order valence-electron chi connectivity index (χ4n) is 2.48. The van der Waals surface area contributed by atoms with Crippen molar-refractivity contribution >= 4 is 17.5 Å². The van der Waals surface area contributed by atoms with Gasteiger partial charge < -0.3 is 10.2 Å². The summed E-state index contributed by atoms with van der Waals surface area (Å²) in [5.41, 5.74) is 1.79. The third-order valence-corrected chi connectivity index (χ3v) is 3.78. The zero-order valence-electron chi connectivity index (χ0n) is 13.4. The molecular formula is C16H20F3N3O2. The Hall–Kier alpha value is -2.09. The summed E-state index contributed by atoms with van der Waals surface area (Å²) in [5.74, 6) is -1.10. The number of halogens is 3. The molecule has 1 aliphatic rings. The summed E-state index contributed by atoms with van der Waals surface area (Å²) in [6, 6.07) is 7.39. The minimum Gasteiger partial charge on any atom is -0.340 e. The van der Waals surface area contributed by atoms with Gasteiger partial charge in [-0.25, -0.2) is 0 Å². The maximum Gasteiger partial charge on any atom is 0.397 e. The van der Waals surface area contributed by atoms with Gasteiger partial charge in [0.25, 0.3) is 0 Å². The second-order valence-electron chi connectivity index (χ2n) is 5.86. The summed E-state index contributed by atoms with van der Waals surface area (Å²) in [4.78, 5) is 26.5. The molecule has 24 heavy (non-hydrogen) atoms. The fraction of sp³-hybridized carbons (Fsp3) is 0.500. The number of hydrogen-bond donors (Lipinski definition) is 1. The van der Waals surface area contributed by atoms with Crippen molar-refractivity contribution in [1.29, 1.82) is 0 Å². The Labute approximate surface area is 138 Å². The smallest absolute Gasteiger partial charge is 0.340 e. The van der Waals surface area contributed by atoms with Crippen LogP contribution in [0.5, 0.6) is 0 Å². The highest BCUT2D eigenvalue weighted by Crippen LogP contribution is 2.21. The molecule has 1 aromatic rings. The molecule has 132 valence electrons. The second kappa shape index (κ2) is 7.65. The molecule has 0 spiro atoms. The number of carbonyl (C=O) groups is 2. The van der Waals surface area contributed by atoms with E-state index in [2.05, 4.69) is 5.32 Å². The molecule has 1 aromatic carbocycles. The quantitative estimate of drug-likeness (QED) is 0.910. The summed E-state index contributed by atoms with van der Waals surface area (Å²) in [6.07, 6.45) is -5.91. The Bertz CT molecular complexity index is 579.